The maximum absolute atomic E-state index is 5.54. The van der Waals surface area contributed by atoms with E-state index in [1.54, 1.807) is 11.3 Å². The predicted octanol–water partition coefficient (Wildman–Crippen LogP) is 0.547. The molecule has 16 heavy (non-hydrogen) atoms. The molecule has 88 valence electrons. The fourth-order valence-electron chi connectivity index (χ4n) is 1.85. The van der Waals surface area contributed by atoms with Gasteiger partial charge in [-0.3, -0.25) is 9.80 Å². The van der Waals surface area contributed by atoms with E-state index >= 15 is 0 Å². The SMILES string of the molecule is NC(=S)CN1CCN(Cc2nccs2)CC1. The molecule has 1 aliphatic rings. The van der Waals surface area contributed by atoms with Crippen molar-refractivity contribution in [3.05, 3.63) is 16.6 Å². The van der Waals surface area contributed by atoms with Crippen LogP contribution in [0, 0.1) is 0 Å². The van der Waals surface area contributed by atoms with Crippen molar-refractivity contribution in [2.45, 2.75) is 6.54 Å². The molecule has 0 unspecified atom stereocenters. The third-order valence-electron chi connectivity index (χ3n) is 2.69. The molecule has 0 spiro atoms. The number of hydrogen-bond donors (Lipinski definition) is 1. The van der Waals surface area contributed by atoms with Crippen molar-refractivity contribution in [1.29, 1.82) is 0 Å². The number of thiocarbonyl (C=S) groups is 1. The Bertz CT molecular complexity index is 331. The molecule has 0 amide bonds. The van der Waals surface area contributed by atoms with Gasteiger partial charge in [-0.15, -0.1) is 11.3 Å². The van der Waals surface area contributed by atoms with Gasteiger partial charge in [0.15, 0.2) is 0 Å². The minimum absolute atomic E-state index is 0.591. The van der Waals surface area contributed by atoms with Gasteiger partial charge in [-0.05, 0) is 0 Å². The highest BCUT2D eigenvalue weighted by Gasteiger charge is 2.17. The van der Waals surface area contributed by atoms with Gasteiger partial charge in [-0.1, -0.05) is 12.2 Å². The van der Waals surface area contributed by atoms with E-state index in [0.29, 0.717) is 4.99 Å². The average molecular weight is 256 g/mol. The minimum atomic E-state index is 0.591. The molecule has 1 aliphatic heterocycles. The highest BCUT2D eigenvalue weighted by Crippen LogP contribution is 2.10. The third-order valence-corrected chi connectivity index (χ3v) is 3.58. The van der Waals surface area contributed by atoms with Crippen LogP contribution in [0.25, 0.3) is 0 Å². The molecule has 0 radical (unpaired) electrons. The van der Waals surface area contributed by atoms with Crippen LogP contribution in [0.4, 0.5) is 0 Å². The van der Waals surface area contributed by atoms with Gasteiger partial charge in [-0.25, -0.2) is 4.98 Å². The van der Waals surface area contributed by atoms with E-state index in [0.717, 1.165) is 39.3 Å². The molecule has 0 aromatic carbocycles. The van der Waals surface area contributed by atoms with Crippen molar-refractivity contribution >= 4 is 28.5 Å². The van der Waals surface area contributed by atoms with Gasteiger partial charge in [0.2, 0.25) is 0 Å². The fraction of sp³-hybridized carbons (Fsp3) is 0.600. The van der Waals surface area contributed by atoms with Gasteiger partial charge in [0.25, 0.3) is 0 Å². The second-order valence-corrected chi connectivity index (χ2v) is 5.45. The van der Waals surface area contributed by atoms with Crippen LogP contribution in [-0.4, -0.2) is 52.5 Å². The Morgan fingerprint density at radius 1 is 1.38 bits per heavy atom. The van der Waals surface area contributed by atoms with E-state index in [9.17, 15) is 0 Å². The van der Waals surface area contributed by atoms with Gasteiger partial charge in [-0.2, -0.15) is 0 Å². The molecule has 6 heteroatoms. The maximum Gasteiger partial charge on any atom is 0.107 e. The fourth-order valence-corrected chi connectivity index (χ4v) is 2.69. The van der Waals surface area contributed by atoms with Crippen molar-refractivity contribution in [2.75, 3.05) is 32.7 Å². The van der Waals surface area contributed by atoms with E-state index < -0.39 is 0 Å². The maximum atomic E-state index is 5.54. The van der Waals surface area contributed by atoms with Crippen LogP contribution >= 0.6 is 23.6 Å². The summed E-state index contributed by atoms with van der Waals surface area (Å²) in [6.07, 6.45) is 1.86. The lowest BCUT2D eigenvalue weighted by atomic mass is 10.3. The zero-order valence-electron chi connectivity index (χ0n) is 9.13. The molecular weight excluding hydrogens is 240 g/mol. The molecular formula is C10H16N4S2. The van der Waals surface area contributed by atoms with Crippen molar-refractivity contribution in [3.63, 3.8) is 0 Å². The number of nitrogens with two attached hydrogens (primary N) is 1. The summed E-state index contributed by atoms with van der Waals surface area (Å²) < 4.78 is 0. The number of hydrogen-bond acceptors (Lipinski definition) is 5. The summed E-state index contributed by atoms with van der Waals surface area (Å²) in [6, 6.07) is 0. The minimum Gasteiger partial charge on any atom is -0.392 e. The lowest BCUT2D eigenvalue weighted by molar-refractivity contribution is 0.140. The first-order valence-corrected chi connectivity index (χ1v) is 6.64. The first-order chi connectivity index (χ1) is 7.74. The Hall–Kier alpha value is -0.560. The predicted molar refractivity (Wildman–Crippen MR) is 70.6 cm³/mol. The van der Waals surface area contributed by atoms with Gasteiger partial charge in [0, 0.05) is 44.3 Å². The summed E-state index contributed by atoms with van der Waals surface area (Å²) in [5.74, 6) is 0. The Balaban J connectivity index is 1.75. The number of thiazole rings is 1. The molecule has 2 N–H and O–H groups in total. The van der Waals surface area contributed by atoms with Crippen LogP contribution in [0.1, 0.15) is 5.01 Å². The average Bonchev–Trinajstić information content (AvgIpc) is 2.73. The van der Waals surface area contributed by atoms with E-state index in [4.69, 9.17) is 18.0 Å². The van der Waals surface area contributed by atoms with Crippen molar-refractivity contribution < 1.29 is 0 Å². The molecule has 2 rings (SSSR count). The van der Waals surface area contributed by atoms with E-state index in [1.165, 1.54) is 5.01 Å². The zero-order chi connectivity index (χ0) is 11.4. The van der Waals surface area contributed by atoms with Crippen LogP contribution in [0.15, 0.2) is 11.6 Å². The van der Waals surface area contributed by atoms with Crippen LogP contribution in [0.2, 0.25) is 0 Å². The Morgan fingerprint density at radius 3 is 2.62 bits per heavy atom. The van der Waals surface area contributed by atoms with Gasteiger partial charge >= 0.3 is 0 Å². The first-order valence-electron chi connectivity index (χ1n) is 5.35. The highest BCUT2D eigenvalue weighted by molar-refractivity contribution is 7.80. The largest absolute Gasteiger partial charge is 0.392 e. The van der Waals surface area contributed by atoms with Crippen LogP contribution < -0.4 is 5.73 Å². The molecule has 0 saturated carbocycles. The van der Waals surface area contributed by atoms with Gasteiger partial charge < -0.3 is 5.73 Å². The normalized spacial score (nSPS) is 18.8. The number of aromatic nitrogens is 1. The van der Waals surface area contributed by atoms with Crippen molar-refractivity contribution in [3.8, 4) is 0 Å². The van der Waals surface area contributed by atoms with E-state index in [2.05, 4.69) is 14.8 Å². The standard InChI is InChI=1S/C10H16N4S2/c11-9(15)7-13-2-4-14(5-3-13)8-10-12-1-6-16-10/h1,6H,2-5,7-8H2,(H2,11,15). The van der Waals surface area contributed by atoms with Gasteiger partial charge in [0.1, 0.15) is 5.01 Å². The zero-order valence-corrected chi connectivity index (χ0v) is 10.8. The smallest absolute Gasteiger partial charge is 0.107 e. The summed E-state index contributed by atoms with van der Waals surface area (Å²) in [7, 11) is 0. The summed E-state index contributed by atoms with van der Waals surface area (Å²) in [5.41, 5.74) is 5.54. The Kier molecular flexibility index (Phi) is 4.22. The molecule has 1 aromatic rings. The van der Waals surface area contributed by atoms with E-state index in [-0.39, 0.29) is 0 Å². The van der Waals surface area contributed by atoms with Crippen LogP contribution in [0.3, 0.4) is 0 Å². The lowest BCUT2D eigenvalue weighted by Crippen LogP contribution is -2.48. The molecule has 2 heterocycles. The molecule has 1 aromatic heterocycles. The van der Waals surface area contributed by atoms with Gasteiger partial charge in [0.05, 0.1) is 11.5 Å². The molecule has 0 aliphatic carbocycles. The molecule has 1 saturated heterocycles. The Morgan fingerprint density at radius 2 is 2.06 bits per heavy atom. The van der Waals surface area contributed by atoms with E-state index in [1.807, 2.05) is 11.6 Å². The molecule has 1 fully saturated rings. The summed E-state index contributed by atoms with van der Waals surface area (Å²) in [6.45, 7) is 5.95. The lowest BCUT2D eigenvalue weighted by Gasteiger charge is -2.33. The second-order valence-electron chi connectivity index (χ2n) is 3.94. The molecule has 0 atom stereocenters. The van der Waals surface area contributed by atoms with Crippen LogP contribution in [0.5, 0.6) is 0 Å². The molecule has 0 bridgehead atoms. The summed E-state index contributed by atoms with van der Waals surface area (Å²) in [4.78, 5) is 9.62. The number of piperazine rings is 1. The number of rotatable bonds is 4. The van der Waals surface area contributed by atoms with Crippen molar-refractivity contribution in [1.82, 2.24) is 14.8 Å². The highest BCUT2D eigenvalue weighted by atomic mass is 32.1. The Labute approximate surface area is 105 Å². The van der Waals surface area contributed by atoms with Crippen molar-refractivity contribution in [2.24, 2.45) is 5.73 Å². The monoisotopic (exact) mass is 256 g/mol. The van der Waals surface area contributed by atoms with Crippen LogP contribution in [-0.2, 0) is 6.54 Å². The topological polar surface area (TPSA) is 45.4 Å². The third kappa shape index (κ3) is 3.48. The summed E-state index contributed by atoms with van der Waals surface area (Å²) in [5, 5.41) is 3.22. The first kappa shape index (κ1) is 11.9. The second kappa shape index (κ2) is 5.67. The molecule has 4 nitrogen and oxygen atoms in total. The quantitative estimate of drug-likeness (QED) is 0.797. The number of nitrogens with zero attached hydrogens (tertiary/aromatic N) is 3. The summed E-state index contributed by atoms with van der Waals surface area (Å²) >= 11 is 6.63.